The molecule has 7 nitrogen and oxygen atoms in total. The third-order valence-electron chi connectivity index (χ3n) is 6.17. The number of nitrogens with one attached hydrogen (secondary N) is 2. The zero-order valence-corrected chi connectivity index (χ0v) is 18.1. The SMILES string of the molecule is O=C(Nc1cc(F)ccc1F)N[C@@H]1CC[C@H](CC(=O)N2CCc3ccccc3C2)O[C@H]1CO. The molecule has 0 aromatic heterocycles. The third kappa shape index (κ3) is 5.66. The fourth-order valence-corrected chi connectivity index (χ4v) is 4.40. The standard InChI is InChI=1S/C24H27F2N3O4/c25-17-5-7-19(26)21(11-17)28-24(32)27-20-8-6-18(33-22(20)14-30)12-23(31)29-10-9-15-3-1-2-4-16(15)13-29/h1-5,7,11,18,20,22,30H,6,8-10,12-14H2,(H2,27,28,32)/t18-,20-,22+/m1/s1. The summed E-state index contributed by atoms with van der Waals surface area (Å²) in [6, 6.07) is 9.59. The summed E-state index contributed by atoms with van der Waals surface area (Å²) < 4.78 is 33.0. The van der Waals surface area contributed by atoms with Gasteiger partial charge in [0.15, 0.2) is 0 Å². The van der Waals surface area contributed by atoms with Crippen molar-refractivity contribution in [3.8, 4) is 0 Å². The van der Waals surface area contributed by atoms with Crippen molar-refractivity contribution in [3.05, 3.63) is 65.2 Å². The molecule has 176 valence electrons. The van der Waals surface area contributed by atoms with E-state index in [1.807, 2.05) is 23.1 Å². The molecule has 2 heterocycles. The van der Waals surface area contributed by atoms with Crippen LogP contribution in [-0.2, 0) is 22.5 Å². The second-order valence-electron chi connectivity index (χ2n) is 8.42. The number of benzene rings is 2. The Morgan fingerprint density at radius 1 is 1.12 bits per heavy atom. The fourth-order valence-electron chi connectivity index (χ4n) is 4.40. The number of halogens is 2. The zero-order valence-electron chi connectivity index (χ0n) is 18.1. The van der Waals surface area contributed by atoms with Gasteiger partial charge in [0.1, 0.15) is 17.7 Å². The molecular formula is C24H27F2N3O4. The molecule has 2 aliphatic rings. The van der Waals surface area contributed by atoms with Crippen LogP contribution in [0.25, 0.3) is 0 Å². The van der Waals surface area contributed by atoms with Crippen LogP contribution in [0.1, 0.15) is 30.4 Å². The van der Waals surface area contributed by atoms with Crippen LogP contribution >= 0.6 is 0 Å². The number of amides is 3. The van der Waals surface area contributed by atoms with Gasteiger partial charge in [0, 0.05) is 19.2 Å². The Bertz CT molecular complexity index is 1020. The number of anilines is 1. The highest BCUT2D eigenvalue weighted by molar-refractivity contribution is 5.89. The highest BCUT2D eigenvalue weighted by Crippen LogP contribution is 2.25. The first kappa shape index (κ1) is 23.1. The summed E-state index contributed by atoms with van der Waals surface area (Å²) in [6.45, 7) is 0.889. The van der Waals surface area contributed by atoms with E-state index >= 15 is 0 Å². The van der Waals surface area contributed by atoms with Crippen LogP contribution in [0.3, 0.4) is 0 Å². The largest absolute Gasteiger partial charge is 0.394 e. The molecular weight excluding hydrogens is 432 g/mol. The molecule has 0 unspecified atom stereocenters. The summed E-state index contributed by atoms with van der Waals surface area (Å²) in [7, 11) is 0. The van der Waals surface area contributed by atoms with Gasteiger partial charge in [-0.15, -0.1) is 0 Å². The molecule has 1 saturated heterocycles. The smallest absolute Gasteiger partial charge is 0.319 e. The van der Waals surface area contributed by atoms with Crippen molar-refractivity contribution >= 4 is 17.6 Å². The topological polar surface area (TPSA) is 90.9 Å². The Morgan fingerprint density at radius 3 is 2.70 bits per heavy atom. The number of hydrogen-bond donors (Lipinski definition) is 3. The van der Waals surface area contributed by atoms with Gasteiger partial charge in [-0.05, 0) is 42.5 Å². The first-order valence-corrected chi connectivity index (χ1v) is 11.1. The van der Waals surface area contributed by atoms with Crippen molar-refractivity contribution in [3.63, 3.8) is 0 Å². The average molecular weight is 459 g/mol. The normalized spacial score (nSPS) is 22.4. The Labute approximate surface area is 190 Å². The van der Waals surface area contributed by atoms with Crippen LogP contribution in [0.5, 0.6) is 0 Å². The van der Waals surface area contributed by atoms with Crippen molar-refractivity contribution in [2.24, 2.45) is 0 Å². The van der Waals surface area contributed by atoms with E-state index in [-0.39, 0.29) is 30.7 Å². The second kappa shape index (κ2) is 10.3. The van der Waals surface area contributed by atoms with Crippen molar-refractivity contribution in [2.75, 3.05) is 18.5 Å². The van der Waals surface area contributed by atoms with E-state index in [0.717, 1.165) is 30.2 Å². The Balaban J connectivity index is 1.29. The van der Waals surface area contributed by atoms with Crippen molar-refractivity contribution in [2.45, 2.75) is 50.5 Å². The van der Waals surface area contributed by atoms with Crippen molar-refractivity contribution in [1.29, 1.82) is 0 Å². The lowest BCUT2D eigenvalue weighted by Gasteiger charge is -2.37. The van der Waals surface area contributed by atoms with Gasteiger partial charge < -0.3 is 25.4 Å². The Hall–Kier alpha value is -3.04. The number of ether oxygens (including phenoxy) is 1. The van der Waals surface area contributed by atoms with Crippen LogP contribution in [0.15, 0.2) is 42.5 Å². The number of nitrogens with zero attached hydrogens (tertiary/aromatic N) is 1. The van der Waals surface area contributed by atoms with Gasteiger partial charge in [0.05, 0.1) is 30.9 Å². The molecule has 0 spiro atoms. The molecule has 2 aliphatic heterocycles. The maximum Gasteiger partial charge on any atom is 0.319 e. The fraction of sp³-hybridized carbons (Fsp3) is 0.417. The van der Waals surface area contributed by atoms with E-state index in [1.54, 1.807) is 0 Å². The third-order valence-corrected chi connectivity index (χ3v) is 6.17. The minimum atomic E-state index is -0.760. The van der Waals surface area contributed by atoms with E-state index in [2.05, 4.69) is 16.7 Å². The molecule has 0 radical (unpaired) electrons. The lowest BCUT2D eigenvalue weighted by molar-refractivity contribution is -0.141. The van der Waals surface area contributed by atoms with Gasteiger partial charge in [0.25, 0.3) is 0 Å². The molecule has 4 rings (SSSR count). The number of fused-ring (bicyclic) bond motifs is 1. The van der Waals surface area contributed by atoms with Crippen molar-refractivity contribution < 1.29 is 28.2 Å². The minimum Gasteiger partial charge on any atom is -0.394 e. The summed E-state index contributed by atoms with van der Waals surface area (Å²) in [5, 5.41) is 14.7. The molecule has 1 fully saturated rings. The van der Waals surface area contributed by atoms with E-state index in [9.17, 15) is 23.5 Å². The molecule has 0 aliphatic carbocycles. The van der Waals surface area contributed by atoms with Gasteiger partial charge in [-0.2, -0.15) is 0 Å². The molecule has 33 heavy (non-hydrogen) atoms. The minimum absolute atomic E-state index is 0.00285. The predicted molar refractivity (Wildman–Crippen MR) is 117 cm³/mol. The second-order valence-corrected chi connectivity index (χ2v) is 8.42. The predicted octanol–water partition coefficient (Wildman–Crippen LogP) is 2.97. The summed E-state index contributed by atoms with van der Waals surface area (Å²) >= 11 is 0. The lowest BCUT2D eigenvalue weighted by Crippen LogP contribution is -2.52. The Kier molecular flexibility index (Phi) is 7.20. The van der Waals surface area contributed by atoms with Crippen LogP contribution in [0.4, 0.5) is 19.3 Å². The monoisotopic (exact) mass is 459 g/mol. The molecule has 3 N–H and O–H groups in total. The molecule has 3 amide bonds. The van der Waals surface area contributed by atoms with E-state index in [4.69, 9.17) is 4.74 Å². The molecule has 9 heteroatoms. The number of carbonyl (C=O) groups excluding carboxylic acids is 2. The maximum absolute atomic E-state index is 13.7. The number of aliphatic hydroxyl groups is 1. The highest BCUT2D eigenvalue weighted by atomic mass is 19.1. The van der Waals surface area contributed by atoms with Gasteiger partial charge in [-0.3, -0.25) is 4.79 Å². The highest BCUT2D eigenvalue weighted by Gasteiger charge is 2.34. The summed E-state index contributed by atoms with van der Waals surface area (Å²) in [5.74, 6) is -1.44. The van der Waals surface area contributed by atoms with Crippen LogP contribution in [0, 0.1) is 11.6 Å². The van der Waals surface area contributed by atoms with Gasteiger partial charge >= 0.3 is 6.03 Å². The number of hydrogen-bond acceptors (Lipinski definition) is 4. The van der Waals surface area contributed by atoms with Gasteiger partial charge in [-0.1, -0.05) is 24.3 Å². The summed E-state index contributed by atoms with van der Waals surface area (Å²) in [4.78, 5) is 26.9. The van der Waals surface area contributed by atoms with Crippen molar-refractivity contribution in [1.82, 2.24) is 10.2 Å². The summed E-state index contributed by atoms with van der Waals surface area (Å²) in [6.07, 6.45) is 0.943. The van der Waals surface area contributed by atoms with Gasteiger partial charge in [0.2, 0.25) is 5.91 Å². The summed E-state index contributed by atoms with van der Waals surface area (Å²) in [5.41, 5.74) is 2.14. The van der Waals surface area contributed by atoms with E-state index in [0.29, 0.717) is 25.9 Å². The molecule has 0 bridgehead atoms. The van der Waals surface area contributed by atoms with Crippen LogP contribution in [-0.4, -0.2) is 53.3 Å². The number of carbonyl (C=O) groups is 2. The van der Waals surface area contributed by atoms with Crippen LogP contribution < -0.4 is 10.6 Å². The maximum atomic E-state index is 13.7. The molecule has 2 aromatic rings. The molecule has 2 aromatic carbocycles. The first-order valence-electron chi connectivity index (χ1n) is 11.1. The van der Waals surface area contributed by atoms with Gasteiger partial charge in [-0.25, -0.2) is 13.6 Å². The first-order chi connectivity index (χ1) is 15.9. The number of aliphatic hydroxyl groups excluding tert-OH is 1. The number of rotatable bonds is 5. The van der Waals surface area contributed by atoms with E-state index in [1.165, 1.54) is 5.56 Å². The average Bonchev–Trinajstić information content (AvgIpc) is 2.82. The molecule has 0 saturated carbocycles. The zero-order chi connectivity index (χ0) is 23.4. The number of urea groups is 1. The quantitative estimate of drug-likeness (QED) is 0.641. The molecule has 3 atom stereocenters. The van der Waals surface area contributed by atoms with E-state index < -0.39 is 29.8 Å². The lowest BCUT2D eigenvalue weighted by atomic mass is 9.96. The van der Waals surface area contributed by atoms with Crippen LogP contribution in [0.2, 0.25) is 0 Å². The Morgan fingerprint density at radius 2 is 1.91 bits per heavy atom.